The maximum atomic E-state index is 11.9. The van der Waals surface area contributed by atoms with Gasteiger partial charge in [0.2, 0.25) is 0 Å². The van der Waals surface area contributed by atoms with Crippen molar-refractivity contribution in [2.75, 3.05) is 0 Å². The second-order valence-corrected chi connectivity index (χ2v) is 6.49. The number of hydrogen-bond donors (Lipinski definition) is 1. The number of aryl methyl sites for hydroxylation is 1. The first-order chi connectivity index (χ1) is 9.24. The summed E-state index contributed by atoms with van der Waals surface area (Å²) in [4.78, 5) is 20.6. The first kappa shape index (κ1) is 12.8. The van der Waals surface area contributed by atoms with E-state index in [0.29, 0.717) is 5.75 Å². The molecule has 1 N–H and O–H groups in total. The fourth-order valence-corrected chi connectivity index (χ4v) is 3.98. The van der Waals surface area contributed by atoms with E-state index >= 15 is 0 Å². The summed E-state index contributed by atoms with van der Waals surface area (Å²) in [6.45, 7) is 2.10. The largest absolute Gasteiger partial charge is 0.310 e. The van der Waals surface area contributed by atoms with E-state index in [-0.39, 0.29) is 5.56 Å². The van der Waals surface area contributed by atoms with Crippen molar-refractivity contribution in [1.29, 1.82) is 0 Å². The number of aromatic amines is 1. The van der Waals surface area contributed by atoms with Gasteiger partial charge in [-0.2, -0.15) is 11.8 Å². The van der Waals surface area contributed by atoms with Gasteiger partial charge in [-0.1, -0.05) is 18.2 Å². The van der Waals surface area contributed by atoms with E-state index in [1.807, 2.05) is 12.1 Å². The predicted molar refractivity (Wildman–Crippen MR) is 80.6 cm³/mol. The van der Waals surface area contributed by atoms with Gasteiger partial charge in [0.05, 0.1) is 11.4 Å². The predicted octanol–water partition coefficient (Wildman–Crippen LogP) is 3.12. The SMILES string of the molecule is Cc1ccccc1SCc1nc2c(c(=O)[nH]1)CSC2. The van der Waals surface area contributed by atoms with Crippen molar-refractivity contribution in [3.63, 3.8) is 0 Å². The number of H-pyrrole nitrogens is 1. The number of rotatable bonds is 3. The second kappa shape index (κ2) is 5.43. The molecule has 0 atom stereocenters. The van der Waals surface area contributed by atoms with Gasteiger partial charge < -0.3 is 4.98 Å². The molecule has 1 aromatic carbocycles. The van der Waals surface area contributed by atoms with Crippen molar-refractivity contribution >= 4 is 23.5 Å². The minimum atomic E-state index is 0.0374. The third-order valence-corrected chi connectivity index (χ3v) is 5.25. The molecule has 3 nitrogen and oxygen atoms in total. The topological polar surface area (TPSA) is 45.8 Å². The van der Waals surface area contributed by atoms with Gasteiger partial charge in [0.15, 0.2) is 0 Å². The van der Waals surface area contributed by atoms with Crippen LogP contribution in [-0.2, 0) is 17.3 Å². The third kappa shape index (κ3) is 2.72. The fraction of sp³-hybridized carbons (Fsp3) is 0.286. The molecule has 1 aliphatic heterocycles. The Balaban J connectivity index is 1.80. The van der Waals surface area contributed by atoms with E-state index in [1.54, 1.807) is 23.5 Å². The molecule has 0 spiro atoms. The first-order valence-electron chi connectivity index (χ1n) is 6.11. The van der Waals surface area contributed by atoms with Gasteiger partial charge in [0, 0.05) is 22.0 Å². The summed E-state index contributed by atoms with van der Waals surface area (Å²) in [7, 11) is 0. The van der Waals surface area contributed by atoms with Crippen LogP contribution in [0.4, 0.5) is 0 Å². The molecule has 0 bridgehead atoms. The molecule has 0 radical (unpaired) electrons. The third-order valence-electron chi connectivity index (χ3n) is 3.09. The summed E-state index contributed by atoms with van der Waals surface area (Å²) in [5, 5.41) is 0. The lowest BCUT2D eigenvalue weighted by Gasteiger charge is -2.06. The summed E-state index contributed by atoms with van der Waals surface area (Å²) in [5.74, 6) is 3.14. The van der Waals surface area contributed by atoms with Gasteiger partial charge in [0.1, 0.15) is 5.82 Å². The highest BCUT2D eigenvalue weighted by molar-refractivity contribution is 7.98. The van der Waals surface area contributed by atoms with Crippen LogP contribution < -0.4 is 5.56 Å². The lowest BCUT2D eigenvalue weighted by Crippen LogP contribution is -2.16. The Kier molecular flexibility index (Phi) is 3.66. The molecular formula is C14H14N2OS2. The van der Waals surface area contributed by atoms with Crippen molar-refractivity contribution in [2.24, 2.45) is 0 Å². The van der Waals surface area contributed by atoms with Crippen molar-refractivity contribution in [2.45, 2.75) is 29.1 Å². The van der Waals surface area contributed by atoms with Gasteiger partial charge >= 0.3 is 0 Å². The van der Waals surface area contributed by atoms with E-state index in [4.69, 9.17) is 0 Å². The molecule has 0 fully saturated rings. The quantitative estimate of drug-likeness (QED) is 0.882. The Labute approximate surface area is 120 Å². The van der Waals surface area contributed by atoms with Crippen LogP contribution in [0.1, 0.15) is 22.6 Å². The van der Waals surface area contributed by atoms with E-state index in [1.165, 1.54) is 10.5 Å². The van der Waals surface area contributed by atoms with Crippen LogP contribution in [-0.4, -0.2) is 9.97 Å². The van der Waals surface area contributed by atoms with Crippen LogP contribution in [0.3, 0.4) is 0 Å². The van der Waals surface area contributed by atoms with Gasteiger partial charge in [-0.25, -0.2) is 4.98 Å². The Morgan fingerprint density at radius 1 is 1.37 bits per heavy atom. The van der Waals surface area contributed by atoms with E-state index in [2.05, 4.69) is 29.0 Å². The normalized spacial score (nSPS) is 13.5. The van der Waals surface area contributed by atoms with Crippen LogP contribution in [0, 0.1) is 6.92 Å². The van der Waals surface area contributed by atoms with Crippen molar-refractivity contribution < 1.29 is 0 Å². The Bertz CT molecular complexity index is 667. The fourth-order valence-electron chi connectivity index (χ4n) is 2.05. The minimum absolute atomic E-state index is 0.0374. The summed E-state index contributed by atoms with van der Waals surface area (Å²) < 4.78 is 0. The molecular weight excluding hydrogens is 276 g/mol. The van der Waals surface area contributed by atoms with Crippen LogP contribution in [0.5, 0.6) is 0 Å². The van der Waals surface area contributed by atoms with Crippen LogP contribution in [0.25, 0.3) is 0 Å². The Morgan fingerprint density at radius 2 is 2.21 bits per heavy atom. The monoisotopic (exact) mass is 290 g/mol. The molecule has 0 saturated heterocycles. The molecule has 2 aromatic rings. The number of thioether (sulfide) groups is 2. The second-order valence-electron chi connectivity index (χ2n) is 4.48. The molecule has 5 heteroatoms. The number of benzene rings is 1. The summed E-state index contributed by atoms with van der Waals surface area (Å²) >= 11 is 3.47. The smallest absolute Gasteiger partial charge is 0.255 e. The molecule has 0 unspecified atom stereocenters. The highest BCUT2D eigenvalue weighted by Crippen LogP contribution is 2.27. The maximum absolute atomic E-state index is 11.9. The van der Waals surface area contributed by atoms with E-state index < -0.39 is 0 Å². The average Bonchev–Trinajstić information content (AvgIpc) is 2.87. The molecule has 1 aromatic heterocycles. The van der Waals surface area contributed by atoms with Gasteiger partial charge in [0.25, 0.3) is 5.56 Å². The number of fused-ring (bicyclic) bond motifs is 1. The maximum Gasteiger partial charge on any atom is 0.255 e. The number of nitrogens with zero attached hydrogens (tertiary/aromatic N) is 1. The highest BCUT2D eigenvalue weighted by atomic mass is 32.2. The van der Waals surface area contributed by atoms with Crippen LogP contribution >= 0.6 is 23.5 Å². The van der Waals surface area contributed by atoms with Crippen molar-refractivity contribution in [3.8, 4) is 0 Å². The highest BCUT2D eigenvalue weighted by Gasteiger charge is 2.17. The lowest BCUT2D eigenvalue weighted by atomic mass is 10.2. The number of aromatic nitrogens is 2. The van der Waals surface area contributed by atoms with Gasteiger partial charge in [-0.05, 0) is 18.6 Å². The van der Waals surface area contributed by atoms with E-state index in [0.717, 1.165) is 28.6 Å². The van der Waals surface area contributed by atoms with Gasteiger partial charge in [-0.3, -0.25) is 4.79 Å². The van der Waals surface area contributed by atoms with Crippen molar-refractivity contribution in [1.82, 2.24) is 9.97 Å². The molecule has 98 valence electrons. The molecule has 3 rings (SSSR count). The summed E-state index contributed by atoms with van der Waals surface area (Å²) in [5.41, 5.74) is 3.12. The van der Waals surface area contributed by atoms with Crippen LogP contribution in [0.15, 0.2) is 34.0 Å². The molecule has 2 heterocycles. The Morgan fingerprint density at radius 3 is 3.05 bits per heavy atom. The standard InChI is InChI=1S/C14H14N2OS2/c1-9-4-2-3-5-12(9)19-8-13-15-11-7-18-6-10(11)14(17)16-13/h2-5H,6-8H2,1H3,(H,15,16,17). The minimum Gasteiger partial charge on any atom is -0.310 e. The zero-order valence-electron chi connectivity index (χ0n) is 10.6. The number of nitrogens with one attached hydrogen (secondary N) is 1. The molecule has 0 saturated carbocycles. The lowest BCUT2D eigenvalue weighted by molar-refractivity contribution is 0.943. The Hall–Kier alpha value is -1.20. The first-order valence-corrected chi connectivity index (χ1v) is 8.25. The summed E-state index contributed by atoms with van der Waals surface area (Å²) in [6.07, 6.45) is 0. The zero-order valence-corrected chi connectivity index (χ0v) is 12.2. The van der Waals surface area contributed by atoms with E-state index in [9.17, 15) is 4.79 Å². The number of hydrogen-bond acceptors (Lipinski definition) is 4. The molecule has 19 heavy (non-hydrogen) atoms. The van der Waals surface area contributed by atoms with Crippen LogP contribution in [0.2, 0.25) is 0 Å². The zero-order chi connectivity index (χ0) is 13.2. The van der Waals surface area contributed by atoms with Crippen molar-refractivity contribution in [3.05, 3.63) is 57.3 Å². The average molecular weight is 290 g/mol. The van der Waals surface area contributed by atoms with Gasteiger partial charge in [-0.15, -0.1) is 11.8 Å². The molecule has 0 amide bonds. The molecule has 1 aliphatic rings. The molecule has 0 aliphatic carbocycles. The summed E-state index contributed by atoms with van der Waals surface area (Å²) in [6, 6.07) is 8.26.